The van der Waals surface area contributed by atoms with E-state index in [1.165, 1.54) is 6.42 Å². The van der Waals surface area contributed by atoms with Gasteiger partial charge in [0.2, 0.25) is 0 Å². The van der Waals surface area contributed by atoms with Gasteiger partial charge in [0.15, 0.2) is 0 Å². The van der Waals surface area contributed by atoms with Crippen molar-refractivity contribution in [2.45, 2.75) is 43.9 Å². The molecule has 4 N–H and O–H groups in total. The van der Waals surface area contributed by atoms with Crippen LogP contribution in [0.25, 0.3) is 0 Å². The largest absolute Gasteiger partial charge is 0.391 e. The van der Waals surface area contributed by atoms with Gasteiger partial charge in [-0.2, -0.15) is 0 Å². The Kier molecular flexibility index (Phi) is 5.40. The molecule has 0 radical (unpaired) electrons. The molecular formula is C10H22N2O2. The first kappa shape index (κ1) is 11.9. The molecule has 0 amide bonds. The van der Waals surface area contributed by atoms with Crippen LogP contribution >= 0.6 is 0 Å². The molecule has 84 valence electrons. The highest BCUT2D eigenvalue weighted by atomic mass is 16.5. The van der Waals surface area contributed by atoms with Gasteiger partial charge in [-0.05, 0) is 32.2 Å². The summed E-state index contributed by atoms with van der Waals surface area (Å²) in [6.45, 7) is 1.27. The van der Waals surface area contributed by atoms with Crippen LogP contribution in [0.5, 0.6) is 0 Å². The third-order valence-electron chi connectivity index (χ3n) is 2.74. The van der Waals surface area contributed by atoms with Gasteiger partial charge in [0.05, 0.1) is 12.7 Å². The number of hydrogen-bond acceptors (Lipinski definition) is 4. The third kappa shape index (κ3) is 4.37. The van der Waals surface area contributed by atoms with E-state index in [4.69, 9.17) is 10.5 Å². The maximum absolute atomic E-state index is 9.39. The minimum Gasteiger partial charge on any atom is -0.391 e. The molecule has 1 fully saturated rings. The van der Waals surface area contributed by atoms with Gasteiger partial charge in [0.1, 0.15) is 0 Å². The zero-order valence-corrected chi connectivity index (χ0v) is 8.91. The molecule has 0 bridgehead atoms. The lowest BCUT2D eigenvalue weighted by molar-refractivity contribution is 0.0590. The van der Waals surface area contributed by atoms with E-state index in [2.05, 4.69) is 5.32 Å². The van der Waals surface area contributed by atoms with Gasteiger partial charge in [0.25, 0.3) is 0 Å². The number of nitrogens with two attached hydrogens (primary N) is 1. The number of aliphatic hydroxyl groups excluding tert-OH is 1. The van der Waals surface area contributed by atoms with Gasteiger partial charge in [-0.25, -0.2) is 0 Å². The van der Waals surface area contributed by atoms with Crippen molar-refractivity contribution in [3.05, 3.63) is 0 Å². The Morgan fingerprint density at radius 1 is 1.57 bits per heavy atom. The Hall–Kier alpha value is -0.160. The molecule has 1 aliphatic rings. The molecule has 0 spiro atoms. The van der Waals surface area contributed by atoms with Crippen molar-refractivity contribution in [3.8, 4) is 0 Å². The summed E-state index contributed by atoms with van der Waals surface area (Å²) in [5, 5.41) is 12.8. The molecule has 3 unspecified atom stereocenters. The average Bonchev–Trinajstić information content (AvgIpc) is 2.52. The maximum Gasteiger partial charge on any atom is 0.0785 e. The van der Waals surface area contributed by atoms with Crippen molar-refractivity contribution >= 4 is 0 Å². The van der Waals surface area contributed by atoms with Crippen LogP contribution in [0.2, 0.25) is 0 Å². The summed E-state index contributed by atoms with van der Waals surface area (Å²) in [6.07, 6.45) is 3.77. The number of hydrogen-bond donors (Lipinski definition) is 3. The van der Waals surface area contributed by atoms with E-state index in [1.807, 2.05) is 0 Å². The molecule has 0 aromatic rings. The monoisotopic (exact) mass is 202 g/mol. The number of ether oxygens (including phenoxy) is 1. The first-order valence-corrected chi connectivity index (χ1v) is 5.38. The van der Waals surface area contributed by atoms with E-state index < -0.39 is 0 Å². The summed E-state index contributed by atoms with van der Waals surface area (Å²) in [6, 6.07) is 0.927. The lowest BCUT2D eigenvalue weighted by Gasteiger charge is -2.14. The summed E-state index contributed by atoms with van der Waals surface area (Å²) in [4.78, 5) is 0. The highest BCUT2D eigenvalue weighted by Gasteiger charge is 2.20. The summed E-state index contributed by atoms with van der Waals surface area (Å²) < 4.78 is 4.85. The lowest BCUT2D eigenvalue weighted by atomic mass is 10.2. The molecule has 3 atom stereocenters. The highest BCUT2D eigenvalue weighted by Crippen LogP contribution is 2.16. The minimum absolute atomic E-state index is 0.345. The topological polar surface area (TPSA) is 67.5 Å². The van der Waals surface area contributed by atoms with Gasteiger partial charge in [-0.3, -0.25) is 0 Å². The molecule has 0 saturated heterocycles. The predicted molar refractivity (Wildman–Crippen MR) is 56.1 cm³/mol. The first-order valence-electron chi connectivity index (χ1n) is 5.38. The normalized spacial score (nSPS) is 29.4. The van der Waals surface area contributed by atoms with Gasteiger partial charge in [0, 0.05) is 19.2 Å². The molecule has 1 rings (SSSR count). The maximum atomic E-state index is 9.39. The minimum atomic E-state index is -0.345. The summed E-state index contributed by atoms with van der Waals surface area (Å²) in [5.74, 6) is 0. The highest BCUT2D eigenvalue weighted by molar-refractivity contribution is 4.82. The fourth-order valence-corrected chi connectivity index (χ4v) is 1.93. The number of rotatable bonds is 6. The summed E-state index contributed by atoms with van der Waals surface area (Å²) in [5.41, 5.74) is 5.79. The first-order chi connectivity index (χ1) is 6.72. The molecule has 0 heterocycles. The van der Waals surface area contributed by atoms with Gasteiger partial charge in [-0.15, -0.1) is 0 Å². The Balaban J connectivity index is 1.98. The number of methoxy groups -OCH3 is 1. The molecular weight excluding hydrogens is 180 g/mol. The molecule has 14 heavy (non-hydrogen) atoms. The Labute approximate surface area is 85.8 Å². The second kappa shape index (κ2) is 6.35. The molecule has 1 saturated carbocycles. The second-order valence-electron chi connectivity index (χ2n) is 4.12. The number of nitrogens with one attached hydrogen (secondary N) is 1. The van der Waals surface area contributed by atoms with Crippen molar-refractivity contribution in [1.29, 1.82) is 0 Å². The predicted octanol–water partition coefficient (Wildman–Crippen LogP) is -0.147. The van der Waals surface area contributed by atoms with E-state index >= 15 is 0 Å². The molecule has 0 aromatic carbocycles. The van der Waals surface area contributed by atoms with E-state index in [1.54, 1.807) is 7.11 Å². The van der Waals surface area contributed by atoms with Crippen LogP contribution in [0.15, 0.2) is 0 Å². The number of aliphatic hydroxyl groups is 1. The smallest absolute Gasteiger partial charge is 0.0785 e. The molecule has 0 aliphatic heterocycles. The fourth-order valence-electron chi connectivity index (χ4n) is 1.93. The summed E-state index contributed by atoms with van der Waals surface area (Å²) in [7, 11) is 1.60. The third-order valence-corrected chi connectivity index (χ3v) is 2.74. The van der Waals surface area contributed by atoms with E-state index in [-0.39, 0.29) is 6.10 Å². The Morgan fingerprint density at radius 3 is 2.93 bits per heavy atom. The second-order valence-corrected chi connectivity index (χ2v) is 4.12. The van der Waals surface area contributed by atoms with Crippen molar-refractivity contribution in [2.24, 2.45) is 5.73 Å². The van der Waals surface area contributed by atoms with Crippen LogP contribution in [0.3, 0.4) is 0 Å². The zero-order chi connectivity index (χ0) is 10.4. The fraction of sp³-hybridized carbons (Fsp3) is 1.00. The average molecular weight is 202 g/mol. The standard InChI is InChI=1S/C10H22N2O2/c1-14-7-10(13)4-5-12-9-3-2-8(11)6-9/h8-10,12-13H,2-7,11H2,1H3. The van der Waals surface area contributed by atoms with Crippen LogP contribution in [0.1, 0.15) is 25.7 Å². The Bertz CT molecular complexity index is 155. The summed E-state index contributed by atoms with van der Waals surface area (Å²) >= 11 is 0. The van der Waals surface area contributed by atoms with Gasteiger partial charge >= 0.3 is 0 Å². The SMILES string of the molecule is COCC(O)CCNC1CCC(N)C1. The molecule has 1 aliphatic carbocycles. The van der Waals surface area contributed by atoms with Crippen LogP contribution in [0, 0.1) is 0 Å². The van der Waals surface area contributed by atoms with Crippen LogP contribution in [-0.4, -0.2) is 43.6 Å². The van der Waals surface area contributed by atoms with Gasteiger partial charge in [-0.1, -0.05) is 0 Å². The van der Waals surface area contributed by atoms with Gasteiger partial charge < -0.3 is 20.9 Å². The van der Waals surface area contributed by atoms with E-state index in [0.29, 0.717) is 18.7 Å². The van der Waals surface area contributed by atoms with Crippen molar-refractivity contribution in [1.82, 2.24) is 5.32 Å². The zero-order valence-electron chi connectivity index (χ0n) is 8.91. The van der Waals surface area contributed by atoms with Crippen LogP contribution in [0.4, 0.5) is 0 Å². The molecule has 0 aromatic heterocycles. The Morgan fingerprint density at radius 2 is 2.36 bits per heavy atom. The van der Waals surface area contributed by atoms with Crippen LogP contribution in [-0.2, 0) is 4.74 Å². The molecule has 4 nitrogen and oxygen atoms in total. The molecule has 4 heteroatoms. The van der Waals surface area contributed by atoms with E-state index in [9.17, 15) is 5.11 Å². The van der Waals surface area contributed by atoms with E-state index in [0.717, 1.165) is 25.8 Å². The van der Waals surface area contributed by atoms with Crippen molar-refractivity contribution in [2.75, 3.05) is 20.3 Å². The quantitative estimate of drug-likeness (QED) is 0.560. The van der Waals surface area contributed by atoms with Crippen molar-refractivity contribution in [3.63, 3.8) is 0 Å². The lowest BCUT2D eigenvalue weighted by Crippen LogP contribution is -2.31. The van der Waals surface area contributed by atoms with Crippen molar-refractivity contribution < 1.29 is 9.84 Å². The van der Waals surface area contributed by atoms with Crippen LogP contribution < -0.4 is 11.1 Å².